The summed E-state index contributed by atoms with van der Waals surface area (Å²) in [5.74, 6) is 5.24. The van der Waals surface area contributed by atoms with E-state index in [-0.39, 0.29) is 5.91 Å². The van der Waals surface area contributed by atoms with Crippen molar-refractivity contribution in [3.63, 3.8) is 0 Å². The molecule has 0 radical (unpaired) electrons. The molecule has 1 aromatic carbocycles. The zero-order valence-corrected chi connectivity index (χ0v) is 10.0. The van der Waals surface area contributed by atoms with Gasteiger partial charge in [-0.05, 0) is 24.6 Å². The van der Waals surface area contributed by atoms with Gasteiger partial charge in [0, 0.05) is 13.6 Å². The molecule has 1 aromatic rings. The molecule has 0 fully saturated rings. The zero-order valence-electron chi connectivity index (χ0n) is 10.0. The van der Waals surface area contributed by atoms with Crippen LogP contribution in [0.15, 0.2) is 18.2 Å². The van der Waals surface area contributed by atoms with Crippen LogP contribution in [0.3, 0.4) is 0 Å². The summed E-state index contributed by atoms with van der Waals surface area (Å²) in [4.78, 5) is 13.6. The Morgan fingerprint density at radius 3 is 2.88 bits per heavy atom. The summed E-state index contributed by atoms with van der Waals surface area (Å²) in [7, 11) is 1.67. The summed E-state index contributed by atoms with van der Waals surface area (Å²) >= 11 is 0. The quantitative estimate of drug-likeness (QED) is 0.605. The number of anilines is 1. The third-order valence-electron chi connectivity index (χ3n) is 2.47. The van der Waals surface area contributed by atoms with Crippen LogP contribution in [0.1, 0.15) is 22.3 Å². The molecule has 0 bridgehead atoms. The van der Waals surface area contributed by atoms with Crippen molar-refractivity contribution < 1.29 is 4.79 Å². The minimum absolute atomic E-state index is 0.145. The smallest absolute Gasteiger partial charge is 0.255 e. The molecule has 5 heteroatoms. The normalized spacial score (nSPS) is 9.53. The zero-order chi connectivity index (χ0) is 12.8. The number of amides is 1. The van der Waals surface area contributed by atoms with Crippen LogP contribution in [0.5, 0.6) is 0 Å². The van der Waals surface area contributed by atoms with Gasteiger partial charge in [0.1, 0.15) is 0 Å². The van der Waals surface area contributed by atoms with Gasteiger partial charge < -0.3 is 10.3 Å². The molecule has 17 heavy (non-hydrogen) atoms. The summed E-state index contributed by atoms with van der Waals surface area (Å²) < 4.78 is 0. The Balaban J connectivity index is 2.92. The van der Waals surface area contributed by atoms with Gasteiger partial charge >= 0.3 is 0 Å². The molecule has 3 N–H and O–H groups in total. The first-order valence-corrected chi connectivity index (χ1v) is 5.30. The molecule has 90 valence electrons. The third kappa shape index (κ3) is 3.20. The molecule has 5 nitrogen and oxygen atoms in total. The number of carbonyl (C=O) groups excluding carboxylic acids is 1. The van der Waals surface area contributed by atoms with Crippen LogP contribution in [0.25, 0.3) is 0 Å². The molecule has 0 aliphatic heterocycles. The lowest BCUT2D eigenvalue weighted by Gasteiger charge is -2.17. The van der Waals surface area contributed by atoms with Crippen molar-refractivity contribution in [1.82, 2.24) is 4.90 Å². The molecule has 0 saturated heterocycles. The number of hydrogen-bond acceptors (Lipinski definition) is 4. The second-order valence-electron chi connectivity index (χ2n) is 3.83. The van der Waals surface area contributed by atoms with E-state index in [1.807, 2.05) is 25.1 Å². The largest absolute Gasteiger partial charge is 0.341 e. The molecular weight excluding hydrogens is 216 g/mol. The molecule has 0 aromatic heterocycles. The Bertz CT molecular complexity index is 450. The van der Waals surface area contributed by atoms with Crippen LogP contribution >= 0.6 is 0 Å². The van der Waals surface area contributed by atoms with Gasteiger partial charge in [-0.25, -0.2) is 0 Å². The Morgan fingerprint density at radius 1 is 1.59 bits per heavy atom. The average Bonchev–Trinajstić information content (AvgIpc) is 2.34. The van der Waals surface area contributed by atoms with Crippen LogP contribution < -0.4 is 11.3 Å². The highest BCUT2D eigenvalue weighted by Gasteiger charge is 2.15. The number of aryl methyl sites for hydroxylation is 1. The second-order valence-corrected chi connectivity index (χ2v) is 3.83. The van der Waals surface area contributed by atoms with Crippen LogP contribution in [-0.4, -0.2) is 24.4 Å². The van der Waals surface area contributed by atoms with E-state index in [1.165, 1.54) is 4.90 Å². The highest BCUT2D eigenvalue weighted by atomic mass is 16.2. The number of nitrogens with two attached hydrogens (primary N) is 1. The number of nitriles is 1. The molecule has 0 atom stereocenters. The molecule has 0 heterocycles. The lowest BCUT2D eigenvalue weighted by atomic mass is 10.1. The Hall–Kier alpha value is -2.06. The van der Waals surface area contributed by atoms with Crippen molar-refractivity contribution in [3.05, 3.63) is 29.3 Å². The maximum atomic E-state index is 12.1. The average molecular weight is 232 g/mol. The van der Waals surface area contributed by atoms with Crippen molar-refractivity contribution in [2.75, 3.05) is 19.0 Å². The molecular formula is C12H16N4O. The van der Waals surface area contributed by atoms with Crippen LogP contribution in [0, 0.1) is 18.3 Å². The van der Waals surface area contributed by atoms with Gasteiger partial charge in [0.05, 0.1) is 23.7 Å². The number of hydrazine groups is 1. The third-order valence-corrected chi connectivity index (χ3v) is 2.47. The summed E-state index contributed by atoms with van der Waals surface area (Å²) in [6.45, 7) is 2.34. The fraction of sp³-hybridized carbons (Fsp3) is 0.333. The van der Waals surface area contributed by atoms with Crippen molar-refractivity contribution >= 4 is 11.6 Å². The van der Waals surface area contributed by atoms with Gasteiger partial charge in [0.15, 0.2) is 0 Å². The Morgan fingerprint density at radius 2 is 2.29 bits per heavy atom. The van der Waals surface area contributed by atoms with E-state index < -0.39 is 0 Å². The Labute approximate surface area is 101 Å². The van der Waals surface area contributed by atoms with Crippen molar-refractivity contribution in [1.29, 1.82) is 5.26 Å². The monoisotopic (exact) mass is 232 g/mol. The first-order valence-electron chi connectivity index (χ1n) is 5.30. The topological polar surface area (TPSA) is 82.2 Å². The minimum Gasteiger partial charge on any atom is -0.341 e. The fourth-order valence-corrected chi connectivity index (χ4v) is 1.49. The first-order chi connectivity index (χ1) is 8.10. The number of carbonyl (C=O) groups is 1. The molecule has 0 aliphatic carbocycles. The van der Waals surface area contributed by atoms with E-state index in [0.29, 0.717) is 24.2 Å². The summed E-state index contributed by atoms with van der Waals surface area (Å²) in [5, 5.41) is 8.48. The molecule has 0 unspecified atom stereocenters. The van der Waals surface area contributed by atoms with E-state index in [2.05, 4.69) is 5.43 Å². The van der Waals surface area contributed by atoms with E-state index in [4.69, 9.17) is 11.1 Å². The maximum absolute atomic E-state index is 12.1. The van der Waals surface area contributed by atoms with Gasteiger partial charge in [0.25, 0.3) is 5.91 Å². The summed E-state index contributed by atoms with van der Waals surface area (Å²) in [6, 6.07) is 7.40. The molecule has 0 saturated carbocycles. The maximum Gasteiger partial charge on any atom is 0.255 e. The van der Waals surface area contributed by atoms with Gasteiger partial charge in [-0.3, -0.25) is 10.6 Å². The van der Waals surface area contributed by atoms with Crippen LogP contribution in [-0.2, 0) is 0 Å². The lowest BCUT2D eigenvalue weighted by molar-refractivity contribution is 0.0799. The van der Waals surface area contributed by atoms with Gasteiger partial charge in [-0.15, -0.1) is 0 Å². The SMILES string of the molecule is Cc1ccc(C(=O)N(C)CCC#N)c(NN)c1. The minimum atomic E-state index is -0.145. The molecule has 0 spiro atoms. The molecule has 1 amide bonds. The Kier molecular flexibility index (Phi) is 4.49. The lowest BCUT2D eigenvalue weighted by Crippen LogP contribution is -2.28. The summed E-state index contributed by atoms with van der Waals surface area (Å²) in [6.07, 6.45) is 0.319. The number of rotatable bonds is 4. The van der Waals surface area contributed by atoms with E-state index in [0.717, 1.165) is 5.56 Å². The van der Waals surface area contributed by atoms with Gasteiger partial charge in [-0.1, -0.05) is 6.07 Å². The highest BCUT2D eigenvalue weighted by Crippen LogP contribution is 2.18. The first kappa shape index (κ1) is 13.0. The number of hydrogen-bond donors (Lipinski definition) is 2. The molecule has 0 aliphatic rings. The fourth-order valence-electron chi connectivity index (χ4n) is 1.49. The van der Waals surface area contributed by atoms with E-state index in [9.17, 15) is 4.79 Å². The predicted octanol–water partition coefficient (Wildman–Crippen LogP) is 1.27. The predicted molar refractivity (Wildman–Crippen MR) is 66.2 cm³/mol. The van der Waals surface area contributed by atoms with Crippen molar-refractivity contribution in [2.24, 2.45) is 5.84 Å². The van der Waals surface area contributed by atoms with Crippen molar-refractivity contribution in [3.8, 4) is 6.07 Å². The number of nitrogens with zero attached hydrogens (tertiary/aromatic N) is 2. The number of nitrogens with one attached hydrogen (secondary N) is 1. The van der Waals surface area contributed by atoms with Crippen LogP contribution in [0.4, 0.5) is 5.69 Å². The van der Waals surface area contributed by atoms with Crippen LogP contribution in [0.2, 0.25) is 0 Å². The highest BCUT2D eigenvalue weighted by molar-refractivity contribution is 5.99. The van der Waals surface area contributed by atoms with E-state index >= 15 is 0 Å². The molecule has 1 rings (SSSR count). The standard InChI is InChI=1S/C12H16N4O/c1-9-4-5-10(11(8-9)15-14)12(17)16(2)7-3-6-13/h4-5,8,15H,3,7,14H2,1-2H3. The summed E-state index contributed by atoms with van der Waals surface area (Å²) in [5.41, 5.74) is 4.65. The van der Waals surface area contributed by atoms with Gasteiger partial charge in [0.2, 0.25) is 0 Å². The van der Waals surface area contributed by atoms with Crippen molar-refractivity contribution in [2.45, 2.75) is 13.3 Å². The number of benzene rings is 1. The second kappa shape index (κ2) is 5.87. The van der Waals surface area contributed by atoms with Gasteiger partial charge in [-0.2, -0.15) is 5.26 Å². The van der Waals surface area contributed by atoms with E-state index in [1.54, 1.807) is 13.1 Å². The number of nitrogen functional groups attached to an aromatic ring is 1.